The average Bonchev–Trinajstić information content (AvgIpc) is 3.35. The van der Waals surface area contributed by atoms with E-state index in [1.54, 1.807) is 19.2 Å². The molecule has 0 amide bonds. The normalized spacial score (nSPS) is 21.1. The topological polar surface area (TPSA) is 116 Å². The Bertz CT molecular complexity index is 1690. The molecule has 3 atom stereocenters. The van der Waals surface area contributed by atoms with Gasteiger partial charge >= 0.3 is 0 Å². The molecule has 0 radical (unpaired) electrons. The first-order valence-electron chi connectivity index (χ1n) is 13.0. The van der Waals surface area contributed by atoms with Crippen LogP contribution in [0.2, 0.25) is 0 Å². The lowest BCUT2D eigenvalue weighted by molar-refractivity contribution is 0.158. The van der Waals surface area contributed by atoms with Gasteiger partial charge in [-0.3, -0.25) is 0 Å². The summed E-state index contributed by atoms with van der Waals surface area (Å²) < 4.78 is 54.3. The summed E-state index contributed by atoms with van der Waals surface area (Å²) in [6.07, 6.45) is 5.21. The molecule has 1 aliphatic carbocycles. The molecule has 0 unspecified atom stereocenters. The molecule has 0 saturated carbocycles. The van der Waals surface area contributed by atoms with Crippen molar-refractivity contribution in [1.29, 1.82) is 0 Å². The summed E-state index contributed by atoms with van der Waals surface area (Å²) in [6.45, 7) is 10.0. The molecular formula is C28H31F2N7O2S. The van der Waals surface area contributed by atoms with Crippen LogP contribution < -0.4 is 0 Å². The lowest BCUT2D eigenvalue weighted by atomic mass is 9.54. The van der Waals surface area contributed by atoms with Gasteiger partial charge in [0.15, 0.2) is 5.82 Å². The summed E-state index contributed by atoms with van der Waals surface area (Å²) in [4.78, 5) is 13.5. The number of fused-ring (bicyclic) bond motifs is 1. The highest BCUT2D eigenvalue weighted by atomic mass is 32.2. The van der Waals surface area contributed by atoms with Gasteiger partial charge in [-0.05, 0) is 61.4 Å². The Balaban J connectivity index is 1.58. The Hall–Kier alpha value is -3.67. The second-order valence-electron chi connectivity index (χ2n) is 11.4. The highest BCUT2D eigenvalue weighted by Gasteiger charge is 2.52. The quantitative estimate of drug-likeness (QED) is 0.332. The molecule has 0 saturated heterocycles. The van der Waals surface area contributed by atoms with Gasteiger partial charge in [-0.25, -0.2) is 32.2 Å². The van der Waals surface area contributed by atoms with Crippen LogP contribution in [-0.2, 0) is 21.7 Å². The fraction of sp³-hybridized carbons (Fsp3) is 0.429. The molecule has 0 N–H and O–H groups in total. The summed E-state index contributed by atoms with van der Waals surface area (Å²) in [5, 5.41) is 12.7. The minimum atomic E-state index is -3.23. The lowest BCUT2D eigenvalue weighted by Crippen LogP contribution is -2.47. The zero-order valence-electron chi connectivity index (χ0n) is 23.2. The number of nitrogens with zero attached hydrogens (tertiary/aromatic N) is 7. The van der Waals surface area contributed by atoms with Crippen LogP contribution in [-0.4, -0.2) is 54.9 Å². The number of aromatic nitrogens is 7. The van der Waals surface area contributed by atoms with Crippen molar-refractivity contribution in [3.05, 3.63) is 77.3 Å². The number of rotatable bonds is 6. The van der Waals surface area contributed by atoms with Crippen LogP contribution in [0, 0.1) is 17.0 Å². The van der Waals surface area contributed by atoms with E-state index in [1.165, 1.54) is 35.5 Å². The van der Waals surface area contributed by atoms with Crippen LogP contribution in [0.25, 0.3) is 17.2 Å². The molecule has 0 spiro atoms. The Labute approximate surface area is 232 Å². The number of hydrogen-bond acceptors (Lipinski definition) is 8. The second kappa shape index (κ2) is 9.76. The first-order valence-corrected chi connectivity index (χ1v) is 14.9. The van der Waals surface area contributed by atoms with Crippen molar-refractivity contribution in [3.63, 3.8) is 0 Å². The fourth-order valence-electron chi connectivity index (χ4n) is 5.54. The fourth-order valence-corrected chi connectivity index (χ4v) is 5.99. The van der Waals surface area contributed by atoms with Crippen molar-refractivity contribution in [2.45, 2.75) is 64.0 Å². The number of benzene rings is 1. The Morgan fingerprint density at radius 2 is 1.80 bits per heavy atom. The van der Waals surface area contributed by atoms with Crippen LogP contribution >= 0.6 is 0 Å². The van der Waals surface area contributed by atoms with E-state index in [-0.39, 0.29) is 35.0 Å². The summed E-state index contributed by atoms with van der Waals surface area (Å²) in [7, 11) is -3.23. The molecule has 40 heavy (non-hydrogen) atoms. The zero-order valence-corrected chi connectivity index (χ0v) is 24.0. The monoisotopic (exact) mass is 567 g/mol. The van der Waals surface area contributed by atoms with E-state index in [0.717, 1.165) is 12.0 Å². The zero-order chi connectivity index (χ0) is 29.0. The van der Waals surface area contributed by atoms with E-state index >= 15 is 0 Å². The summed E-state index contributed by atoms with van der Waals surface area (Å²) in [5.41, 5.74) is 1.09. The Kier molecular flexibility index (Phi) is 6.80. The van der Waals surface area contributed by atoms with E-state index in [0.29, 0.717) is 17.2 Å². The van der Waals surface area contributed by atoms with Gasteiger partial charge in [-0.1, -0.05) is 26.8 Å². The van der Waals surface area contributed by atoms with Gasteiger partial charge in [0.25, 0.3) is 5.95 Å². The van der Waals surface area contributed by atoms with E-state index in [9.17, 15) is 17.2 Å². The van der Waals surface area contributed by atoms with E-state index in [2.05, 4.69) is 46.0 Å². The van der Waals surface area contributed by atoms with Gasteiger partial charge in [-0.15, -0.1) is 10.2 Å². The summed E-state index contributed by atoms with van der Waals surface area (Å²) in [5.74, 6) is -0.690. The molecular weight excluding hydrogens is 536 g/mol. The van der Waals surface area contributed by atoms with Crippen molar-refractivity contribution in [2.24, 2.45) is 5.41 Å². The van der Waals surface area contributed by atoms with Gasteiger partial charge < -0.3 is 0 Å². The van der Waals surface area contributed by atoms with Gasteiger partial charge in [-0.2, -0.15) is 9.78 Å². The van der Waals surface area contributed by atoms with Crippen molar-refractivity contribution in [2.75, 3.05) is 6.26 Å². The molecule has 12 heteroatoms. The predicted molar refractivity (Wildman–Crippen MR) is 146 cm³/mol. The van der Waals surface area contributed by atoms with E-state index in [1.807, 2.05) is 13.0 Å². The van der Waals surface area contributed by atoms with Crippen LogP contribution in [0.3, 0.4) is 0 Å². The minimum Gasteiger partial charge on any atom is -0.229 e. The first kappa shape index (κ1) is 27.9. The largest absolute Gasteiger partial charge is 0.252 e. The van der Waals surface area contributed by atoms with Gasteiger partial charge in [0.1, 0.15) is 27.8 Å². The van der Waals surface area contributed by atoms with Crippen molar-refractivity contribution in [3.8, 4) is 17.2 Å². The van der Waals surface area contributed by atoms with Crippen molar-refractivity contribution < 1.29 is 17.2 Å². The molecule has 1 aliphatic rings. The van der Waals surface area contributed by atoms with Crippen molar-refractivity contribution >= 4 is 9.84 Å². The molecule has 0 fully saturated rings. The second-order valence-corrected chi connectivity index (χ2v) is 13.9. The highest BCUT2D eigenvalue weighted by molar-refractivity contribution is 7.91. The smallest absolute Gasteiger partial charge is 0.229 e. The Morgan fingerprint density at radius 1 is 1.10 bits per heavy atom. The third-order valence-corrected chi connectivity index (χ3v) is 9.95. The maximum Gasteiger partial charge on any atom is 0.252 e. The molecule has 0 bridgehead atoms. The number of hydrogen-bond donors (Lipinski definition) is 0. The third-order valence-electron chi connectivity index (χ3n) is 8.32. The van der Waals surface area contributed by atoms with Gasteiger partial charge in [0.2, 0.25) is 0 Å². The first-order chi connectivity index (χ1) is 18.7. The van der Waals surface area contributed by atoms with Crippen LogP contribution in [0.15, 0.2) is 42.9 Å². The van der Waals surface area contributed by atoms with E-state index in [4.69, 9.17) is 4.98 Å². The summed E-state index contributed by atoms with van der Waals surface area (Å²) >= 11 is 0. The molecule has 9 nitrogen and oxygen atoms in total. The maximum absolute atomic E-state index is 14.6. The molecule has 210 valence electrons. The lowest BCUT2D eigenvalue weighted by Gasteiger charge is -2.49. The third kappa shape index (κ3) is 4.67. The minimum absolute atomic E-state index is 0.0539. The molecule has 3 aromatic heterocycles. The molecule has 0 aliphatic heterocycles. The SMILES string of the molecule is C[C@@H]1CC(C)(C)[C@@](C)(c2ccnc(-n3cnc(C[C@H](C)S(C)(=O)=O)n3)n2)c2nnc(-c3c(F)cccc3F)cc21. The van der Waals surface area contributed by atoms with Gasteiger partial charge in [0, 0.05) is 18.9 Å². The molecule has 1 aromatic carbocycles. The maximum atomic E-state index is 14.6. The molecule has 4 aromatic rings. The van der Waals surface area contributed by atoms with Crippen molar-refractivity contribution in [1.82, 2.24) is 34.9 Å². The van der Waals surface area contributed by atoms with Crippen LogP contribution in [0.4, 0.5) is 8.78 Å². The number of sulfone groups is 1. The number of halogens is 2. The highest BCUT2D eigenvalue weighted by Crippen LogP contribution is 2.56. The van der Waals surface area contributed by atoms with Crippen LogP contribution in [0.1, 0.15) is 69.7 Å². The predicted octanol–water partition coefficient (Wildman–Crippen LogP) is 4.61. The van der Waals surface area contributed by atoms with Crippen LogP contribution in [0.5, 0.6) is 0 Å². The van der Waals surface area contributed by atoms with Gasteiger partial charge in [0.05, 0.1) is 33.3 Å². The van der Waals surface area contributed by atoms with E-state index < -0.39 is 32.1 Å². The average molecular weight is 568 g/mol. The molecule has 3 heterocycles. The summed E-state index contributed by atoms with van der Waals surface area (Å²) in [6, 6.07) is 7.28. The Morgan fingerprint density at radius 3 is 2.48 bits per heavy atom. The standard InChI is InChI=1S/C28H31F2N7O2S/c1-16-14-27(3,4)28(5,25-18(16)13-21(34-35-25)24-19(29)8-7-9-20(24)30)22-10-11-31-26(33-22)37-15-32-23(36-37)12-17(2)40(6,38)39/h7-11,13,15-17H,12,14H2,1-6H3/t16-,17+,28+/m1/s1. The molecule has 5 rings (SSSR count).